The number of hydrogen-bond acceptors (Lipinski definition) is 3. The molecule has 3 heteroatoms. The van der Waals surface area contributed by atoms with Gasteiger partial charge in [0, 0.05) is 6.21 Å². The number of hydrogen-bond donors (Lipinski definition) is 0. The lowest BCUT2D eigenvalue weighted by atomic mass is 9.84. The number of nitrogens with zero attached hydrogens (tertiary/aromatic N) is 2. The molecule has 2 nitrogen and oxygen atoms in total. The van der Waals surface area contributed by atoms with Crippen LogP contribution in [0.4, 0.5) is 0 Å². The molecule has 0 spiro atoms. The van der Waals surface area contributed by atoms with E-state index in [1.54, 1.807) is 0 Å². The van der Waals surface area contributed by atoms with E-state index in [4.69, 9.17) is 5.10 Å². The fraction of sp³-hybridized carbons (Fsp3) is 0.682. The highest BCUT2D eigenvalue weighted by Gasteiger charge is 2.30. The first-order valence-corrected chi connectivity index (χ1v) is 11.2. The average molecular weight is 359 g/mol. The zero-order valence-corrected chi connectivity index (χ0v) is 16.8. The van der Waals surface area contributed by atoms with Gasteiger partial charge in [-0.05, 0) is 67.5 Å². The van der Waals surface area contributed by atoms with Gasteiger partial charge in [-0.3, -0.25) is 0 Å². The predicted molar refractivity (Wildman–Crippen MR) is 111 cm³/mol. The van der Waals surface area contributed by atoms with Crippen LogP contribution in [0.2, 0.25) is 0 Å². The number of benzene rings is 1. The van der Waals surface area contributed by atoms with Crippen molar-refractivity contribution in [3.63, 3.8) is 0 Å². The Bertz CT molecular complexity index is 531. The molecule has 1 aromatic carbocycles. The van der Waals surface area contributed by atoms with Crippen molar-refractivity contribution in [2.24, 2.45) is 11.0 Å². The molecule has 1 heterocycles. The molecule has 0 amide bonds. The molecule has 138 valence electrons. The first kappa shape index (κ1) is 18.8. The second-order valence-corrected chi connectivity index (χ2v) is 8.85. The highest BCUT2D eigenvalue weighted by molar-refractivity contribution is 7.98. The quantitative estimate of drug-likeness (QED) is 0.376. The SMILES string of the molecule is CCCCCc1ccc(C2C=NN(C3CCC(CCC)CC3)S2)cc1. The van der Waals surface area contributed by atoms with Crippen LogP contribution in [0.5, 0.6) is 0 Å². The maximum absolute atomic E-state index is 4.74. The van der Waals surface area contributed by atoms with Crippen LogP contribution in [0.15, 0.2) is 29.4 Å². The van der Waals surface area contributed by atoms with Crippen molar-refractivity contribution in [1.82, 2.24) is 4.41 Å². The van der Waals surface area contributed by atoms with E-state index in [9.17, 15) is 0 Å². The summed E-state index contributed by atoms with van der Waals surface area (Å²) in [4.78, 5) is 0. The average Bonchev–Trinajstić information content (AvgIpc) is 3.14. The Morgan fingerprint density at radius 1 is 1.00 bits per heavy atom. The molecule has 1 fully saturated rings. The van der Waals surface area contributed by atoms with Gasteiger partial charge in [0.05, 0.1) is 11.3 Å². The smallest absolute Gasteiger partial charge is 0.0882 e. The Kier molecular flexibility index (Phi) is 7.27. The molecule has 0 bridgehead atoms. The summed E-state index contributed by atoms with van der Waals surface area (Å²) in [5, 5.41) is 5.14. The molecule has 2 aliphatic rings. The Morgan fingerprint density at radius 2 is 1.76 bits per heavy atom. The van der Waals surface area contributed by atoms with Crippen molar-refractivity contribution in [2.45, 2.75) is 89.3 Å². The first-order chi connectivity index (χ1) is 12.3. The number of aryl methyl sites for hydroxylation is 1. The second kappa shape index (κ2) is 9.66. The van der Waals surface area contributed by atoms with Gasteiger partial charge in [0.15, 0.2) is 0 Å². The third kappa shape index (κ3) is 5.26. The molecular weight excluding hydrogens is 324 g/mol. The van der Waals surface area contributed by atoms with E-state index >= 15 is 0 Å². The van der Waals surface area contributed by atoms with Crippen molar-refractivity contribution in [3.05, 3.63) is 35.4 Å². The zero-order valence-electron chi connectivity index (χ0n) is 16.0. The summed E-state index contributed by atoms with van der Waals surface area (Å²) in [6, 6.07) is 9.91. The highest BCUT2D eigenvalue weighted by Crippen LogP contribution is 2.41. The molecule has 3 rings (SSSR count). The highest BCUT2D eigenvalue weighted by atomic mass is 32.2. The monoisotopic (exact) mass is 358 g/mol. The molecule has 1 aliphatic carbocycles. The van der Waals surface area contributed by atoms with Gasteiger partial charge < -0.3 is 0 Å². The second-order valence-electron chi connectivity index (χ2n) is 7.75. The largest absolute Gasteiger partial charge is 0.235 e. The third-order valence-corrected chi connectivity index (χ3v) is 6.97. The van der Waals surface area contributed by atoms with Gasteiger partial charge in [-0.25, -0.2) is 4.41 Å². The zero-order chi connectivity index (χ0) is 17.5. The van der Waals surface area contributed by atoms with E-state index in [0.29, 0.717) is 11.3 Å². The van der Waals surface area contributed by atoms with Crippen LogP contribution in [-0.4, -0.2) is 16.7 Å². The minimum atomic E-state index is 0.401. The molecule has 1 aliphatic heterocycles. The van der Waals surface area contributed by atoms with Gasteiger partial charge in [0.2, 0.25) is 0 Å². The van der Waals surface area contributed by atoms with E-state index in [1.165, 1.54) is 75.3 Å². The van der Waals surface area contributed by atoms with Crippen molar-refractivity contribution in [1.29, 1.82) is 0 Å². The lowest BCUT2D eigenvalue weighted by Gasteiger charge is -2.33. The molecule has 0 saturated heterocycles. The van der Waals surface area contributed by atoms with E-state index in [2.05, 4.69) is 48.7 Å². The maximum atomic E-state index is 4.74. The number of rotatable bonds is 8. The van der Waals surface area contributed by atoms with Gasteiger partial charge in [0.1, 0.15) is 0 Å². The number of hydrazone groups is 1. The lowest BCUT2D eigenvalue weighted by Crippen LogP contribution is -2.28. The summed E-state index contributed by atoms with van der Waals surface area (Å²) in [5.41, 5.74) is 2.87. The van der Waals surface area contributed by atoms with Crippen LogP contribution >= 0.6 is 11.9 Å². The Balaban J connectivity index is 1.47. The normalized spacial score (nSPS) is 26.3. The van der Waals surface area contributed by atoms with Crippen molar-refractivity contribution >= 4 is 18.2 Å². The standard InChI is InChI=1S/C22H34N2S/c1-3-5-6-8-19-9-13-20(14-10-19)22-17-23-24(25-22)21-15-11-18(7-4-2)12-16-21/h9-10,13-14,17-18,21-22H,3-8,11-12,15-16H2,1-2H3. The summed E-state index contributed by atoms with van der Waals surface area (Å²) < 4.78 is 2.31. The molecule has 1 saturated carbocycles. The van der Waals surface area contributed by atoms with Crippen LogP contribution in [0.25, 0.3) is 0 Å². The molecule has 1 atom stereocenters. The molecular formula is C22H34N2S. The Labute approximate surface area is 158 Å². The Hall–Kier alpha value is -0.960. The van der Waals surface area contributed by atoms with Gasteiger partial charge in [-0.15, -0.1) is 0 Å². The van der Waals surface area contributed by atoms with Crippen LogP contribution in [-0.2, 0) is 6.42 Å². The summed E-state index contributed by atoms with van der Waals surface area (Å²) >= 11 is 1.92. The topological polar surface area (TPSA) is 15.6 Å². The van der Waals surface area contributed by atoms with Gasteiger partial charge in [-0.1, -0.05) is 63.8 Å². The van der Waals surface area contributed by atoms with Crippen molar-refractivity contribution < 1.29 is 0 Å². The van der Waals surface area contributed by atoms with Crippen LogP contribution in [0, 0.1) is 5.92 Å². The van der Waals surface area contributed by atoms with Gasteiger partial charge in [-0.2, -0.15) is 5.10 Å². The molecule has 1 aromatic rings. The third-order valence-electron chi connectivity index (χ3n) is 5.74. The number of unbranched alkanes of at least 4 members (excludes halogenated alkanes) is 2. The van der Waals surface area contributed by atoms with Crippen LogP contribution in [0.3, 0.4) is 0 Å². The molecule has 25 heavy (non-hydrogen) atoms. The Morgan fingerprint density at radius 3 is 2.44 bits per heavy atom. The minimum Gasteiger partial charge on any atom is -0.235 e. The molecule has 0 aromatic heterocycles. The molecule has 1 unspecified atom stereocenters. The van der Waals surface area contributed by atoms with Gasteiger partial charge >= 0.3 is 0 Å². The van der Waals surface area contributed by atoms with Gasteiger partial charge in [0.25, 0.3) is 0 Å². The molecule has 0 radical (unpaired) electrons. The summed E-state index contributed by atoms with van der Waals surface area (Å²) in [5.74, 6) is 0.967. The van der Waals surface area contributed by atoms with Crippen molar-refractivity contribution in [3.8, 4) is 0 Å². The van der Waals surface area contributed by atoms with Crippen LogP contribution < -0.4 is 0 Å². The van der Waals surface area contributed by atoms with E-state index in [0.717, 1.165) is 5.92 Å². The van der Waals surface area contributed by atoms with E-state index < -0.39 is 0 Å². The minimum absolute atomic E-state index is 0.401. The maximum Gasteiger partial charge on any atom is 0.0882 e. The fourth-order valence-corrected chi connectivity index (χ4v) is 5.25. The summed E-state index contributed by atoms with van der Waals surface area (Å²) in [7, 11) is 0. The lowest BCUT2D eigenvalue weighted by molar-refractivity contribution is 0.226. The van der Waals surface area contributed by atoms with E-state index in [1.807, 2.05) is 11.9 Å². The van der Waals surface area contributed by atoms with Crippen LogP contribution in [0.1, 0.15) is 88.0 Å². The first-order valence-electron chi connectivity index (χ1n) is 10.4. The predicted octanol–water partition coefficient (Wildman–Crippen LogP) is 6.77. The van der Waals surface area contributed by atoms with Crippen molar-refractivity contribution in [2.75, 3.05) is 0 Å². The van der Waals surface area contributed by atoms with E-state index in [-0.39, 0.29) is 0 Å². The molecule has 0 N–H and O–H groups in total. The fourth-order valence-electron chi connectivity index (χ4n) is 4.14. The summed E-state index contributed by atoms with van der Waals surface area (Å²) in [6.07, 6.45) is 15.5. The summed E-state index contributed by atoms with van der Waals surface area (Å²) in [6.45, 7) is 4.58.